The van der Waals surface area contributed by atoms with Crippen LogP contribution in [0.4, 0.5) is 22.0 Å². The molecule has 0 fully saturated rings. The third kappa shape index (κ3) is 20.5. The van der Waals surface area contributed by atoms with E-state index in [0.717, 1.165) is 67.2 Å². The summed E-state index contributed by atoms with van der Waals surface area (Å²) in [5.41, 5.74) is 4.33. The fraction of sp³-hybridized carbons (Fsp3) is 0.444. The van der Waals surface area contributed by atoms with Crippen LogP contribution in [-0.4, -0.2) is 47.3 Å². The number of hydrogen-bond donors (Lipinski definition) is 5. The van der Waals surface area contributed by atoms with Gasteiger partial charge < -0.3 is 34.5 Å². The molecule has 0 spiro atoms. The SMILES string of the molecule is CCC(C)c1cc(C)c(O)c(OC)c1.CCC(C)c1cc(Cl)c(O)c(Cl)c1.CCC(C)c1cc(F)c(O)c(F)c1.CCC(C)c1ccc(O)c(C(F)(F)F)c1.CCC(C)c1ccc(O)c(OS(C)(=O)=O)c1. The van der Waals surface area contributed by atoms with Gasteiger partial charge in [0, 0.05) is 0 Å². The maximum Gasteiger partial charge on any atom is 0.419 e. The number of aromatic hydroxyl groups is 5. The molecule has 0 heterocycles. The fourth-order valence-electron chi connectivity index (χ4n) is 6.29. The maximum absolute atomic E-state index is 12.8. The number of rotatable bonds is 13. The van der Waals surface area contributed by atoms with Crippen LogP contribution in [0.2, 0.25) is 10.0 Å². The van der Waals surface area contributed by atoms with Crippen LogP contribution >= 0.6 is 23.2 Å². The van der Waals surface area contributed by atoms with Gasteiger partial charge in [0.2, 0.25) is 0 Å². The first kappa shape index (κ1) is 63.9. The van der Waals surface area contributed by atoms with Crippen molar-refractivity contribution in [2.24, 2.45) is 0 Å². The zero-order chi connectivity index (χ0) is 54.7. The summed E-state index contributed by atoms with van der Waals surface area (Å²) >= 11 is 11.6. The molecule has 5 unspecified atom stereocenters. The highest BCUT2D eigenvalue weighted by Crippen LogP contribution is 2.39. The smallest absolute Gasteiger partial charge is 0.419 e. The summed E-state index contributed by atoms with van der Waals surface area (Å²) < 4.78 is 94.7. The second kappa shape index (κ2) is 29.4. The molecule has 5 aromatic carbocycles. The minimum Gasteiger partial charge on any atom is -0.507 e. The van der Waals surface area contributed by atoms with Gasteiger partial charge in [0.25, 0.3) is 0 Å². The van der Waals surface area contributed by atoms with Gasteiger partial charge in [-0.3, -0.25) is 0 Å². The number of alkyl halides is 3. The minimum atomic E-state index is -4.49. The normalized spacial score (nSPS) is 13.2. The van der Waals surface area contributed by atoms with Crippen LogP contribution in [0.1, 0.15) is 170 Å². The predicted molar refractivity (Wildman–Crippen MR) is 276 cm³/mol. The topological polar surface area (TPSA) is 154 Å². The van der Waals surface area contributed by atoms with Gasteiger partial charge in [0.05, 0.1) is 29.0 Å². The van der Waals surface area contributed by atoms with E-state index in [-0.39, 0.29) is 34.8 Å². The molecular formula is C54H71Cl2F5O9S. The average Bonchev–Trinajstić information content (AvgIpc) is 3.32. The van der Waals surface area contributed by atoms with Gasteiger partial charge in [-0.2, -0.15) is 21.6 Å². The Hall–Kier alpha value is -5.12. The summed E-state index contributed by atoms with van der Waals surface area (Å²) in [6.07, 6.45) is 1.08. The van der Waals surface area contributed by atoms with Crippen molar-refractivity contribution in [3.8, 4) is 40.2 Å². The second-order valence-corrected chi connectivity index (χ2v) is 19.8. The first-order valence-corrected chi connectivity index (χ1v) is 25.8. The Morgan fingerprint density at radius 1 is 0.535 bits per heavy atom. The van der Waals surface area contributed by atoms with E-state index < -0.39 is 45.0 Å². The molecule has 0 saturated carbocycles. The van der Waals surface area contributed by atoms with E-state index >= 15 is 0 Å². The van der Waals surface area contributed by atoms with Crippen molar-refractivity contribution in [3.05, 3.63) is 133 Å². The number of phenolic OH excluding ortho intramolecular Hbond substituents is 5. The average molecular weight is 1060 g/mol. The lowest BCUT2D eigenvalue weighted by molar-refractivity contribution is -0.138. The Morgan fingerprint density at radius 2 is 0.901 bits per heavy atom. The molecule has 0 saturated heterocycles. The first-order valence-electron chi connectivity index (χ1n) is 23.3. The Kier molecular flexibility index (Phi) is 26.5. The van der Waals surface area contributed by atoms with Gasteiger partial charge in [-0.15, -0.1) is 0 Å². The van der Waals surface area contributed by atoms with Crippen molar-refractivity contribution in [2.75, 3.05) is 13.4 Å². The third-order valence-corrected chi connectivity index (χ3v) is 13.1. The number of phenols is 5. The molecule has 0 bridgehead atoms. The van der Waals surface area contributed by atoms with Crippen molar-refractivity contribution in [2.45, 2.75) is 144 Å². The monoisotopic (exact) mass is 1060 g/mol. The molecule has 5 N–H and O–H groups in total. The predicted octanol–water partition coefficient (Wildman–Crippen LogP) is 16.8. The summed E-state index contributed by atoms with van der Waals surface area (Å²) in [5.74, 6) is -1.42. The number of aryl methyl sites for hydroxylation is 1. The molecule has 0 aliphatic carbocycles. The lowest BCUT2D eigenvalue weighted by Crippen LogP contribution is -2.06. The van der Waals surface area contributed by atoms with Crippen molar-refractivity contribution in [1.82, 2.24) is 0 Å². The highest BCUT2D eigenvalue weighted by atomic mass is 35.5. The second-order valence-electron chi connectivity index (χ2n) is 17.4. The standard InChI is InChI=1S/C12H18O2.C11H13F3O.C11H16O4S.C10H12Cl2O.C10H12F2O/c1-5-8(2)10-6-9(3)12(13)11(7-10)14-4;1-3-7(2)8-4-5-10(15)9(6-8)11(12,13)14;1-4-8(2)9-5-6-10(12)11(7-9)15-16(3,13)14;2*1-3-6(2)7-4-8(11)10(13)9(12)5-7/h6-8,13H,5H2,1-4H3;4-7,15H,3H2,1-2H3;5-8,12H,4H2,1-3H3;2*4-6,13H,3H2,1-2H3. The zero-order valence-corrected chi connectivity index (χ0v) is 45.1. The molecule has 5 atom stereocenters. The lowest BCUT2D eigenvalue weighted by atomic mass is 9.96. The fourth-order valence-corrected chi connectivity index (χ4v) is 7.25. The molecule has 396 valence electrons. The summed E-state index contributed by atoms with van der Waals surface area (Å²) in [7, 11) is -2.03. The highest BCUT2D eigenvalue weighted by molar-refractivity contribution is 7.86. The number of ether oxygens (including phenoxy) is 1. The van der Waals surface area contributed by atoms with Gasteiger partial charge >= 0.3 is 16.3 Å². The quantitative estimate of drug-likeness (QED) is 0.0573. The summed E-state index contributed by atoms with van der Waals surface area (Å²) in [5, 5.41) is 47.0. The van der Waals surface area contributed by atoms with Crippen molar-refractivity contribution in [1.29, 1.82) is 0 Å². The molecule has 5 aromatic rings. The molecule has 0 aromatic heterocycles. The van der Waals surface area contributed by atoms with E-state index in [9.17, 15) is 45.7 Å². The van der Waals surface area contributed by atoms with Crippen LogP contribution in [0.15, 0.2) is 72.8 Å². The Labute approximate surface area is 427 Å². The Bertz CT molecular complexity index is 2460. The lowest BCUT2D eigenvalue weighted by Gasteiger charge is -2.14. The van der Waals surface area contributed by atoms with E-state index in [1.807, 2.05) is 60.6 Å². The molecule has 71 heavy (non-hydrogen) atoms. The summed E-state index contributed by atoms with van der Waals surface area (Å²) in [6.45, 7) is 22.0. The third-order valence-electron chi connectivity index (χ3n) is 12.0. The molecule has 0 aliphatic heterocycles. The van der Waals surface area contributed by atoms with Gasteiger partial charge in [-0.1, -0.05) is 111 Å². The molecule has 0 amide bonds. The molecular weight excluding hydrogens is 991 g/mol. The Balaban J connectivity index is 0.000000445. The zero-order valence-electron chi connectivity index (χ0n) is 42.8. The minimum absolute atomic E-state index is 0.0136. The summed E-state index contributed by atoms with van der Waals surface area (Å²) in [4.78, 5) is 0. The van der Waals surface area contributed by atoms with Crippen molar-refractivity contribution >= 4 is 33.3 Å². The number of benzene rings is 5. The molecule has 9 nitrogen and oxygen atoms in total. The van der Waals surface area contributed by atoms with Gasteiger partial charge in [0.1, 0.15) is 5.75 Å². The van der Waals surface area contributed by atoms with Crippen molar-refractivity contribution in [3.63, 3.8) is 0 Å². The number of hydrogen-bond acceptors (Lipinski definition) is 9. The van der Waals surface area contributed by atoms with E-state index in [4.69, 9.17) is 42.3 Å². The van der Waals surface area contributed by atoms with Crippen LogP contribution in [0, 0.1) is 18.6 Å². The first-order chi connectivity index (χ1) is 32.9. The van der Waals surface area contributed by atoms with Gasteiger partial charge in [-0.05, 0) is 157 Å². The molecule has 17 heteroatoms. The molecule has 0 radical (unpaired) electrons. The molecule has 0 aliphatic rings. The maximum atomic E-state index is 12.8. The largest absolute Gasteiger partial charge is 0.507 e. The summed E-state index contributed by atoms with van der Waals surface area (Å²) in [6, 6.07) is 18.2. The van der Waals surface area contributed by atoms with Crippen LogP contribution in [0.3, 0.4) is 0 Å². The number of halogens is 7. The van der Waals surface area contributed by atoms with Crippen LogP contribution < -0.4 is 8.92 Å². The van der Waals surface area contributed by atoms with E-state index in [2.05, 4.69) is 27.7 Å². The van der Waals surface area contributed by atoms with Crippen LogP contribution in [-0.2, 0) is 16.3 Å². The van der Waals surface area contributed by atoms with E-state index in [1.54, 1.807) is 31.4 Å². The number of methoxy groups -OCH3 is 1. The van der Waals surface area contributed by atoms with Crippen LogP contribution in [0.5, 0.6) is 40.2 Å². The van der Waals surface area contributed by atoms with E-state index in [0.29, 0.717) is 44.7 Å². The van der Waals surface area contributed by atoms with Crippen LogP contribution in [0.25, 0.3) is 0 Å². The van der Waals surface area contributed by atoms with Gasteiger partial charge in [0.15, 0.2) is 46.1 Å². The molecule has 5 rings (SSSR count). The van der Waals surface area contributed by atoms with E-state index in [1.165, 1.54) is 29.8 Å². The Morgan fingerprint density at radius 3 is 1.30 bits per heavy atom. The van der Waals surface area contributed by atoms with Crippen molar-refractivity contribution < 1.29 is 64.8 Å². The highest BCUT2D eigenvalue weighted by Gasteiger charge is 2.34. The van der Waals surface area contributed by atoms with Gasteiger partial charge in [-0.25, -0.2) is 8.78 Å².